The van der Waals surface area contributed by atoms with E-state index in [1.807, 2.05) is 0 Å². The first-order chi connectivity index (χ1) is 11.5. The van der Waals surface area contributed by atoms with Crippen molar-refractivity contribution in [1.82, 2.24) is 0 Å². The van der Waals surface area contributed by atoms with Gasteiger partial charge in [0.2, 0.25) is 0 Å². The monoisotopic (exact) mass is 330 g/mol. The zero-order valence-electron chi connectivity index (χ0n) is 16.3. The lowest BCUT2D eigenvalue weighted by atomic mass is 9.70. The molecule has 0 aromatic heterocycles. The maximum atomic E-state index is 4.56. The van der Waals surface area contributed by atoms with Crippen molar-refractivity contribution < 1.29 is 4.28 Å². The molecule has 2 fully saturated rings. The second-order valence-electron chi connectivity index (χ2n) is 8.86. The summed E-state index contributed by atoms with van der Waals surface area (Å²) in [5.74, 6) is 3.34. The van der Waals surface area contributed by atoms with Crippen molar-refractivity contribution in [3.63, 3.8) is 0 Å². The molecule has 24 heavy (non-hydrogen) atoms. The first kappa shape index (κ1) is 17.8. The molecule has 138 valence electrons. The Bertz CT molecular complexity index is 569. The summed E-state index contributed by atoms with van der Waals surface area (Å²) in [5, 5.41) is 0. The lowest BCUT2D eigenvalue weighted by molar-refractivity contribution is 0.278. The van der Waals surface area contributed by atoms with Crippen LogP contribution >= 0.6 is 0 Å². The number of hydrogen-bond donors (Lipinski definition) is 0. The molecule has 2 aliphatic rings. The summed E-state index contributed by atoms with van der Waals surface area (Å²) in [6, 6.07) is 4.90. The third kappa shape index (κ3) is 3.79. The van der Waals surface area contributed by atoms with Gasteiger partial charge in [-0.1, -0.05) is 44.1 Å². The summed E-state index contributed by atoms with van der Waals surface area (Å²) in [5.41, 5.74) is 7.59. The minimum atomic E-state index is 0. The van der Waals surface area contributed by atoms with Gasteiger partial charge in [-0.2, -0.15) is 0 Å². The Balaban J connectivity index is 0.00000225. The van der Waals surface area contributed by atoms with Crippen LogP contribution in [0.15, 0.2) is 24.3 Å². The largest absolute Gasteiger partial charge is 0.0993 e. The number of aryl methyl sites for hydroxylation is 2. The van der Waals surface area contributed by atoms with Gasteiger partial charge in [-0.15, -0.1) is 0 Å². The van der Waals surface area contributed by atoms with Crippen molar-refractivity contribution in [3.05, 3.63) is 46.5 Å². The van der Waals surface area contributed by atoms with Gasteiger partial charge in [0.1, 0.15) is 0 Å². The van der Waals surface area contributed by atoms with E-state index in [2.05, 4.69) is 46.4 Å². The van der Waals surface area contributed by atoms with Crippen LogP contribution in [0.5, 0.6) is 0 Å². The minimum Gasteiger partial charge on any atom is -0.0993 e. The number of allylic oxidation sites excluding steroid dienone is 1. The van der Waals surface area contributed by atoms with Crippen molar-refractivity contribution in [1.29, 1.82) is 0 Å². The van der Waals surface area contributed by atoms with Crippen LogP contribution in [-0.2, 0) is 0 Å². The van der Waals surface area contributed by atoms with Gasteiger partial charge in [0.05, 0.1) is 0 Å². The van der Waals surface area contributed by atoms with Crippen LogP contribution in [0.3, 0.4) is 0 Å². The van der Waals surface area contributed by atoms with Gasteiger partial charge in [0.15, 0.2) is 0 Å². The first-order valence-electron chi connectivity index (χ1n) is 10.2. The number of benzene rings is 1. The SMILES string of the molecule is C=C(C1CCC(C)CC1)C1CCC(c2cc(C)c(C)c(C)c2)CC1.[HH].[HH].[HH]. The molecule has 1 aromatic carbocycles. The zero-order chi connectivity index (χ0) is 17.3. The highest BCUT2D eigenvalue weighted by molar-refractivity contribution is 5.38. The van der Waals surface area contributed by atoms with Gasteiger partial charge in [-0.05, 0) is 105 Å². The molecule has 1 aromatic rings. The fraction of sp³-hybridized carbons (Fsp3) is 0.667. The molecule has 0 radical (unpaired) electrons. The summed E-state index contributed by atoms with van der Waals surface area (Å²) in [6.07, 6.45) is 11.1. The predicted molar refractivity (Wildman–Crippen MR) is 112 cm³/mol. The summed E-state index contributed by atoms with van der Waals surface area (Å²) in [4.78, 5) is 0. The summed E-state index contributed by atoms with van der Waals surface area (Å²) < 4.78 is 0. The highest BCUT2D eigenvalue weighted by Crippen LogP contribution is 2.43. The maximum Gasteiger partial charge on any atom is 0 e. The highest BCUT2D eigenvalue weighted by atomic mass is 14.3. The Hall–Kier alpha value is -1.04. The molecule has 0 amide bonds. The summed E-state index contributed by atoms with van der Waals surface area (Å²) >= 11 is 0. The fourth-order valence-electron chi connectivity index (χ4n) is 5.07. The Morgan fingerprint density at radius 2 is 1.29 bits per heavy atom. The van der Waals surface area contributed by atoms with E-state index in [0.717, 1.165) is 23.7 Å². The van der Waals surface area contributed by atoms with Crippen LogP contribution in [-0.4, -0.2) is 0 Å². The summed E-state index contributed by atoms with van der Waals surface area (Å²) in [7, 11) is 0. The molecule has 0 spiro atoms. The maximum absolute atomic E-state index is 4.56. The summed E-state index contributed by atoms with van der Waals surface area (Å²) in [6.45, 7) is 13.8. The van der Waals surface area contributed by atoms with E-state index in [1.165, 1.54) is 68.1 Å². The molecule has 0 atom stereocenters. The molecule has 0 heteroatoms. The van der Waals surface area contributed by atoms with Crippen LogP contribution in [0, 0.1) is 38.5 Å². The van der Waals surface area contributed by atoms with Gasteiger partial charge in [0.25, 0.3) is 0 Å². The molecule has 0 N–H and O–H groups in total. The Labute approximate surface area is 154 Å². The van der Waals surface area contributed by atoms with Crippen LogP contribution in [0.4, 0.5) is 0 Å². The van der Waals surface area contributed by atoms with Crippen LogP contribution in [0.2, 0.25) is 0 Å². The second-order valence-corrected chi connectivity index (χ2v) is 8.86. The van der Waals surface area contributed by atoms with Gasteiger partial charge in [-0.25, -0.2) is 0 Å². The quantitative estimate of drug-likeness (QED) is 0.492. The van der Waals surface area contributed by atoms with Crippen molar-refractivity contribution >= 4 is 0 Å². The van der Waals surface area contributed by atoms with Crippen molar-refractivity contribution in [3.8, 4) is 0 Å². The lowest BCUT2D eigenvalue weighted by Gasteiger charge is -2.36. The van der Waals surface area contributed by atoms with Crippen molar-refractivity contribution in [2.24, 2.45) is 17.8 Å². The van der Waals surface area contributed by atoms with Gasteiger partial charge in [0, 0.05) is 4.28 Å². The van der Waals surface area contributed by atoms with Crippen LogP contribution in [0.25, 0.3) is 0 Å². The van der Waals surface area contributed by atoms with E-state index >= 15 is 0 Å². The van der Waals surface area contributed by atoms with E-state index in [9.17, 15) is 0 Å². The van der Waals surface area contributed by atoms with Gasteiger partial charge < -0.3 is 0 Å². The molecule has 0 nitrogen and oxygen atoms in total. The first-order valence-corrected chi connectivity index (χ1v) is 10.2. The molecule has 0 saturated heterocycles. The molecule has 0 aliphatic heterocycles. The van der Waals surface area contributed by atoms with E-state index in [-0.39, 0.29) is 4.28 Å². The molecule has 0 unspecified atom stereocenters. The molecule has 3 rings (SSSR count). The van der Waals surface area contributed by atoms with Crippen molar-refractivity contribution in [2.75, 3.05) is 0 Å². The Morgan fingerprint density at radius 3 is 1.79 bits per heavy atom. The normalized spacial score (nSPS) is 31.0. The smallest absolute Gasteiger partial charge is 0 e. The van der Waals surface area contributed by atoms with E-state index in [0.29, 0.717) is 0 Å². The van der Waals surface area contributed by atoms with Crippen LogP contribution < -0.4 is 0 Å². The van der Waals surface area contributed by atoms with E-state index < -0.39 is 0 Å². The third-order valence-electron chi connectivity index (χ3n) is 7.21. The van der Waals surface area contributed by atoms with Gasteiger partial charge >= 0.3 is 0 Å². The van der Waals surface area contributed by atoms with E-state index in [4.69, 9.17) is 0 Å². The second kappa shape index (κ2) is 7.46. The lowest BCUT2D eigenvalue weighted by Crippen LogP contribution is -2.22. The van der Waals surface area contributed by atoms with E-state index in [1.54, 1.807) is 11.1 Å². The molecule has 2 saturated carbocycles. The zero-order valence-corrected chi connectivity index (χ0v) is 16.3. The topological polar surface area (TPSA) is 0 Å². The number of rotatable bonds is 3. The fourth-order valence-corrected chi connectivity index (χ4v) is 5.07. The third-order valence-corrected chi connectivity index (χ3v) is 7.21. The standard InChI is InChI=1S/C24H36.3H2/c1-16-6-8-21(9-7-16)20(5)22-10-12-23(13-11-22)24-14-17(2)19(4)18(3)15-24;;;/h14-16,21-23H,5-13H2,1-4H3;3*1H. The van der Waals surface area contributed by atoms with Crippen LogP contribution in [0.1, 0.15) is 90.7 Å². The van der Waals surface area contributed by atoms with Crippen molar-refractivity contribution in [2.45, 2.75) is 85.0 Å². The molecule has 0 bridgehead atoms. The minimum absolute atomic E-state index is 0. The molecular weight excluding hydrogens is 288 g/mol. The average Bonchev–Trinajstić information content (AvgIpc) is 2.59. The number of hydrogen-bond acceptors (Lipinski definition) is 0. The Kier molecular flexibility index (Phi) is 5.52. The molecule has 0 heterocycles. The highest BCUT2D eigenvalue weighted by Gasteiger charge is 2.29. The predicted octanol–water partition coefficient (Wildman–Crippen LogP) is 8.01. The average molecular weight is 331 g/mol. The molecule has 2 aliphatic carbocycles. The molecular formula is C24H42. The van der Waals surface area contributed by atoms with Gasteiger partial charge in [-0.3, -0.25) is 0 Å². The Morgan fingerprint density at radius 1 is 0.833 bits per heavy atom.